The number of carbonyl (C=O) groups is 1. The summed E-state index contributed by atoms with van der Waals surface area (Å²) in [5, 5.41) is 0. The van der Waals surface area contributed by atoms with Gasteiger partial charge in [0.15, 0.2) is 0 Å². The minimum absolute atomic E-state index is 0.0565. The van der Waals surface area contributed by atoms with E-state index in [1.165, 1.54) is 70.6 Å². The smallest absolute Gasteiger partial charge is 0.305 e. The topological polar surface area (TPSA) is 35.5 Å². The third-order valence-corrected chi connectivity index (χ3v) is 5.25. The lowest BCUT2D eigenvalue weighted by atomic mass is 10.1. The molecule has 0 amide bonds. The molecule has 0 aliphatic heterocycles. The molecule has 0 aromatic rings. The van der Waals surface area contributed by atoms with Gasteiger partial charge in [0.2, 0.25) is 0 Å². The fourth-order valence-electron chi connectivity index (χ4n) is 3.20. The molecule has 0 rings (SSSR count). The van der Waals surface area contributed by atoms with Crippen molar-refractivity contribution in [3.05, 3.63) is 12.2 Å². The van der Waals surface area contributed by atoms with Crippen molar-refractivity contribution in [1.29, 1.82) is 0 Å². The average Bonchev–Trinajstić information content (AvgIpc) is 2.69. The van der Waals surface area contributed by atoms with Gasteiger partial charge in [0.25, 0.3) is 0 Å². The Balaban J connectivity index is 3.25. The van der Waals surface area contributed by atoms with Gasteiger partial charge in [-0.05, 0) is 32.1 Å². The molecular weight excluding hydrogens is 374 g/mol. The third kappa shape index (κ3) is 25.2. The fraction of sp³-hybridized carbons (Fsp3) is 0.885. The van der Waals surface area contributed by atoms with Crippen LogP contribution in [0.15, 0.2) is 12.2 Å². The van der Waals surface area contributed by atoms with Gasteiger partial charge in [0.1, 0.15) is 6.54 Å². The third-order valence-electron chi connectivity index (χ3n) is 5.25. The van der Waals surface area contributed by atoms with Gasteiger partial charge < -0.3 is 14.0 Å². The molecule has 0 aliphatic carbocycles. The summed E-state index contributed by atoms with van der Waals surface area (Å²) in [6.45, 7) is 5.17. The number of ether oxygens (including phenoxy) is 2. The molecule has 30 heavy (non-hydrogen) atoms. The van der Waals surface area contributed by atoms with Gasteiger partial charge in [-0.25, -0.2) is 0 Å². The fourth-order valence-corrected chi connectivity index (χ4v) is 3.20. The SMILES string of the molecule is CCCCCCCC/C=C\CCCCCCCC(=O)OCCCOCC[N+](C)(C)C. The maximum absolute atomic E-state index is 11.7. The van der Waals surface area contributed by atoms with E-state index >= 15 is 0 Å². The first-order valence-corrected chi connectivity index (χ1v) is 12.6. The summed E-state index contributed by atoms with van der Waals surface area (Å²) in [6, 6.07) is 0. The molecule has 0 atom stereocenters. The summed E-state index contributed by atoms with van der Waals surface area (Å²) < 4.78 is 11.8. The zero-order chi connectivity index (χ0) is 22.3. The molecule has 0 unspecified atom stereocenters. The van der Waals surface area contributed by atoms with Crippen molar-refractivity contribution in [1.82, 2.24) is 0 Å². The van der Waals surface area contributed by atoms with Crippen LogP contribution in [0.1, 0.15) is 103 Å². The largest absolute Gasteiger partial charge is 0.466 e. The number of quaternary nitrogens is 1. The van der Waals surface area contributed by atoms with Crippen LogP contribution in [0.3, 0.4) is 0 Å². The standard InChI is InChI=1S/C26H52NO3/c1-5-6-7-8-9-10-11-12-13-14-15-16-17-18-19-21-26(28)30-24-20-23-29-25-22-27(2,3)4/h12-13H,5-11,14-25H2,1-4H3/q+1/b13-12-. The molecule has 4 nitrogen and oxygen atoms in total. The van der Waals surface area contributed by atoms with E-state index in [9.17, 15) is 4.79 Å². The van der Waals surface area contributed by atoms with Crippen LogP contribution >= 0.6 is 0 Å². The van der Waals surface area contributed by atoms with Gasteiger partial charge in [-0.15, -0.1) is 0 Å². The van der Waals surface area contributed by atoms with Crippen LogP contribution in [0, 0.1) is 0 Å². The van der Waals surface area contributed by atoms with Gasteiger partial charge in [0, 0.05) is 12.8 Å². The molecule has 0 heterocycles. The molecule has 0 bridgehead atoms. The molecule has 0 spiro atoms. The zero-order valence-corrected chi connectivity index (χ0v) is 20.8. The lowest BCUT2D eigenvalue weighted by Crippen LogP contribution is -2.37. The second kappa shape index (κ2) is 21.4. The predicted molar refractivity (Wildman–Crippen MR) is 129 cm³/mol. The summed E-state index contributed by atoms with van der Waals surface area (Å²) in [4.78, 5) is 11.7. The van der Waals surface area contributed by atoms with Crippen molar-refractivity contribution in [2.75, 3.05) is 47.5 Å². The van der Waals surface area contributed by atoms with Crippen LogP contribution in [0.5, 0.6) is 0 Å². The molecule has 4 heteroatoms. The number of carbonyl (C=O) groups excluding carboxylic acids is 1. The first-order valence-electron chi connectivity index (χ1n) is 12.6. The van der Waals surface area contributed by atoms with Crippen LogP contribution in [0.2, 0.25) is 0 Å². The highest BCUT2D eigenvalue weighted by Crippen LogP contribution is 2.10. The monoisotopic (exact) mass is 426 g/mol. The minimum Gasteiger partial charge on any atom is -0.466 e. The number of allylic oxidation sites excluding steroid dienone is 2. The summed E-state index contributed by atoms with van der Waals surface area (Å²) >= 11 is 0. The molecule has 0 saturated carbocycles. The number of hydrogen-bond donors (Lipinski definition) is 0. The maximum Gasteiger partial charge on any atom is 0.305 e. The van der Waals surface area contributed by atoms with E-state index in [1.807, 2.05) is 0 Å². The van der Waals surface area contributed by atoms with E-state index in [1.54, 1.807) is 0 Å². The van der Waals surface area contributed by atoms with Crippen molar-refractivity contribution in [2.24, 2.45) is 0 Å². The highest BCUT2D eigenvalue weighted by Gasteiger charge is 2.06. The summed E-state index contributed by atoms with van der Waals surface area (Å²) in [7, 11) is 6.46. The Morgan fingerprint density at radius 1 is 0.700 bits per heavy atom. The highest BCUT2D eigenvalue weighted by atomic mass is 16.5. The maximum atomic E-state index is 11.7. The molecule has 0 aliphatic rings. The van der Waals surface area contributed by atoms with E-state index in [2.05, 4.69) is 40.2 Å². The second-order valence-corrected chi connectivity index (χ2v) is 9.53. The van der Waals surface area contributed by atoms with E-state index < -0.39 is 0 Å². The number of esters is 1. The zero-order valence-electron chi connectivity index (χ0n) is 20.8. The van der Waals surface area contributed by atoms with Gasteiger partial charge in [-0.3, -0.25) is 4.79 Å². The molecule has 0 aromatic heterocycles. The van der Waals surface area contributed by atoms with Crippen LogP contribution in [-0.2, 0) is 14.3 Å². The van der Waals surface area contributed by atoms with Gasteiger partial charge in [-0.1, -0.05) is 70.4 Å². The average molecular weight is 427 g/mol. The molecule has 0 fully saturated rings. The molecule has 0 radical (unpaired) electrons. The Hall–Kier alpha value is -0.870. The minimum atomic E-state index is -0.0565. The molecule has 178 valence electrons. The van der Waals surface area contributed by atoms with Crippen LogP contribution in [0.4, 0.5) is 0 Å². The van der Waals surface area contributed by atoms with Crippen molar-refractivity contribution in [3.63, 3.8) is 0 Å². The normalized spacial score (nSPS) is 12.0. The Bertz CT molecular complexity index is 402. The molecule has 0 saturated heterocycles. The van der Waals surface area contributed by atoms with Crippen LogP contribution in [0.25, 0.3) is 0 Å². The number of unbranched alkanes of at least 4 members (excludes halogenated alkanes) is 11. The van der Waals surface area contributed by atoms with Gasteiger partial charge >= 0.3 is 5.97 Å². The van der Waals surface area contributed by atoms with E-state index in [0.29, 0.717) is 19.6 Å². The van der Waals surface area contributed by atoms with E-state index in [4.69, 9.17) is 9.47 Å². The lowest BCUT2D eigenvalue weighted by molar-refractivity contribution is -0.870. The number of hydrogen-bond acceptors (Lipinski definition) is 3. The second-order valence-electron chi connectivity index (χ2n) is 9.53. The van der Waals surface area contributed by atoms with Crippen molar-refractivity contribution in [2.45, 2.75) is 103 Å². The Labute approximate surface area is 188 Å². The number of rotatable bonds is 22. The van der Waals surface area contributed by atoms with Crippen LogP contribution in [-0.4, -0.2) is 58.0 Å². The number of likely N-dealkylation sites (N-methyl/N-ethyl adjacent to an activating group) is 1. The van der Waals surface area contributed by atoms with Crippen LogP contribution < -0.4 is 0 Å². The highest BCUT2D eigenvalue weighted by molar-refractivity contribution is 5.69. The van der Waals surface area contributed by atoms with Crippen molar-refractivity contribution >= 4 is 5.97 Å². The Kier molecular flexibility index (Phi) is 20.7. The van der Waals surface area contributed by atoms with Gasteiger partial charge in [0.05, 0.1) is 41.0 Å². The summed E-state index contributed by atoms with van der Waals surface area (Å²) in [6.07, 6.45) is 22.6. The van der Waals surface area contributed by atoms with Crippen molar-refractivity contribution in [3.8, 4) is 0 Å². The first kappa shape index (κ1) is 29.1. The van der Waals surface area contributed by atoms with Gasteiger partial charge in [-0.2, -0.15) is 0 Å². The van der Waals surface area contributed by atoms with E-state index in [-0.39, 0.29) is 5.97 Å². The first-order chi connectivity index (χ1) is 14.5. The predicted octanol–water partition coefficient (Wildman–Crippen LogP) is 6.68. The Morgan fingerprint density at radius 2 is 1.27 bits per heavy atom. The quantitative estimate of drug-likeness (QED) is 0.0838. The lowest BCUT2D eigenvalue weighted by Gasteiger charge is -2.23. The van der Waals surface area contributed by atoms with Crippen molar-refractivity contribution < 1.29 is 18.8 Å². The molecule has 0 aromatic carbocycles. The summed E-state index contributed by atoms with van der Waals surface area (Å²) in [5.41, 5.74) is 0. The number of nitrogens with zero attached hydrogens (tertiary/aromatic N) is 1. The van der Waals surface area contributed by atoms with E-state index in [0.717, 1.165) is 36.9 Å². The summed E-state index contributed by atoms with van der Waals surface area (Å²) in [5.74, 6) is -0.0565. The molecular formula is C26H52NO3+. The molecule has 0 N–H and O–H groups in total. The Morgan fingerprint density at radius 3 is 1.87 bits per heavy atom.